The highest BCUT2D eigenvalue weighted by atomic mass is 32.1. The van der Waals surface area contributed by atoms with Gasteiger partial charge in [0.25, 0.3) is 0 Å². The molecule has 7 heteroatoms. The second-order valence-electron chi connectivity index (χ2n) is 2.34. The molecule has 0 aliphatic carbocycles. The lowest BCUT2D eigenvalue weighted by molar-refractivity contribution is 0.0702. The Morgan fingerprint density at radius 3 is 3.20 bits per heavy atom. The van der Waals surface area contributed by atoms with Gasteiger partial charge in [-0.1, -0.05) is 22.4 Å². The molecule has 0 atom stereocenters. The molecule has 1 heterocycles. The third-order valence-corrected chi connectivity index (χ3v) is 2.21. The summed E-state index contributed by atoms with van der Waals surface area (Å²) in [6, 6.07) is 0. The van der Waals surface area contributed by atoms with E-state index in [0.717, 1.165) is 11.3 Å². The molecule has 1 aromatic heterocycles. The summed E-state index contributed by atoms with van der Waals surface area (Å²) in [4.78, 5) is 17.0. The third-order valence-electron chi connectivity index (χ3n) is 1.31. The summed E-state index contributed by atoms with van der Waals surface area (Å²) in [6.07, 6.45) is 1.70. The molecule has 0 spiro atoms. The molecular weight excluding hydrogens is 216 g/mol. The van der Waals surface area contributed by atoms with Gasteiger partial charge >= 0.3 is 5.97 Å². The zero-order valence-electron chi connectivity index (χ0n) is 7.54. The standard InChI is InChI=1S/C8H6N4O2S/c9-12-11-4-2-1-3-7-10-5-6(15-7)8(13)14/h5H,2,4H2,(H,13,14). The molecule has 0 aromatic carbocycles. The van der Waals surface area contributed by atoms with Crippen LogP contribution in [0.3, 0.4) is 0 Å². The van der Waals surface area contributed by atoms with Crippen LogP contribution in [0.15, 0.2) is 11.3 Å². The SMILES string of the molecule is [N-]=[N+]=NCCC#Cc1ncc(C(=O)O)s1. The zero-order valence-corrected chi connectivity index (χ0v) is 8.36. The number of carboxylic acid groups (broad SMARTS) is 1. The molecule has 0 aliphatic rings. The lowest BCUT2D eigenvalue weighted by Gasteiger charge is -1.79. The number of carboxylic acids is 1. The molecule has 6 nitrogen and oxygen atoms in total. The van der Waals surface area contributed by atoms with Gasteiger partial charge in [0.1, 0.15) is 4.88 Å². The van der Waals surface area contributed by atoms with Crippen molar-refractivity contribution >= 4 is 17.3 Å². The van der Waals surface area contributed by atoms with E-state index in [2.05, 4.69) is 26.9 Å². The lowest BCUT2D eigenvalue weighted by atomic mass is 10.4. The molecule has 76 valence electrons. The number of carbonyl (C=O) groups is 1. The average Bonchev–Trinajstić information content (AvgIpc) is 2.66. The molecule has 0 bridgehead atoms. The Labute approximate surface area is 89.2 Å². The van der Waals surface area contributed by atoms with Crippen molar-refractivity contribution in [3.05, 3.63) is 26.5 Å². The van der Waals surface area contributed by atoms with Crippen LogP contribution in [0.4, 0.5) is 0 Å². The fraction of sp³-hybridized carbons (Fsp3) is 0.250. The maximum atomic E-state index is 10.5. The van der Waals surface area contributed by atoms with Gasteiger partial charge in [-0.25, -0.2) is 9.78 Å². The minimum absolute atomic E-state index is 0.161. The molecular formula is C8H6N4O2S. The number of rotatable bonds is 3. The summed E-state index contributed by atoms with van der Waals surface area (Å²) in [5, 5.41) is 12.4. The van der Waals surface area contributed by atoms with Crippen LogP contribution in [-0.4, -0.2) is 22.6 Å². The number of hydrogen-bond acceptors (Lipinski definition) is 4. The minimum atomic E-state index is -1.00. The Kier molecular flexibility index (Phi) is 4.16. The van der Waals surface area contributed by atoms with Crippen LogP contribution in [0, 0.1) is 11.8 Å². The van der Waals surface area contributed by atoms with Gasteiger partial charge in [0.2, 0.25) is 0 Å². The van der Waals surface area contributed by atoms with Crippen LogP contribution in [0.1, 0.15) is 21.1 Å². The Hall–Kier alpha value is -2.03. The number of thiazole rings is 1. The largest absolute Gasteiger partial charge is 0.477 e. The molecule has 1 rings (SSSR count). The molecule has 1 N–H and O–H groups in total. The summed E-state index contributed by atoms with van der Waals surface area (Å²) < 4.78 is 0. The van der Waals surface area contributed by atoms with E-state index in [-0.39, 0.29) is 4.88 Å². The molecule has 0 amide bonds. The van der Waals surface area contributed by atoms with Gasteiger partial charge in [-0.3, -0.25) is 0 Å². The summed E-state index contributed by atoms with van der Waals surface area (Å²) in [5.41, 5.74) is 7.98. The second-order valence-corrected chi connectivity index (χ2v) is 3.37. The quantitative estimate of drug-likeness (QED) is 0.278. The van der Waals surface area contributed by atoms with E-state index in [4.69, 9.17) is 10.6 Å². The van der Waals surface area contributed by atoms with Crippen molar-refractivity contribution in [2.75, 3.05) is 6.54 Å². The number of nitrogens with zero attached hydrogens (tertiary/aromatic N) is 4. The summed E-state index contributed by atoms with van der Waals surface area (Å²) in [7, 11) is 0. The Bertz CT molecular complexity index is 464. The van der Waals surface area contributed by atoms with Gasteiger partial charge in [0, 0.05) is 17.9 Å². The van der Waals surface area contributed by atoms with Crippen LogP contribution >= 0.6 is 11.3 Å². The maximum absolute atomic E-state index is 10.5. The fourth-order valence-corrected chi connectivity index (χ4v) is 1.35. The van der Waals surface area contributed by atoms with Crippen molar-refractivity contribution in [1.82, 2.24) is 4.98 Å². The predicted molar refractivity (Wildman–Crippen MR) is 54.6 cm³/mol. The highest BCUT2D eigenvalue weighted by Crippen LogP contribution is 2.11. The van der Waals surface area contributed by atoms with E-state index < -0.39 is 5.97 Å². The summed E-state index contributed by atoms with van der Waals surface area (Å²) in [6.45, 7) is 0.306. The van der Waals surface area contributed by atoms with Crippen molar-refractivity contribution in [2.24, 2.45) is 5.11 Å². The Morgan fingerprint density at radius 1 is 1.80 bits per heavy atom. The van der Waals surface area contributed by atoms with Crippen LogP contribution in [0.25, 0.3) is 10.4 Å². The topological polar surface area (TPSA) is 99.0 Å². The van der Waals surface area contributed by atoms with Crippen molar-refractivity contribution in [1.29, 1.82) is 0 Å². The summed E-state index contributed by atoms with van der Waals surface area (Å²) in [5.74, 6) is 4.41. The average molecular weight is 222 g/mol. The second kappa shape index (κ2) is 5.65. The van der Waals surface area contributed by atoms with Gasteiger partial charge < -0.3 is 5.11 Å². The third kappa shape index (κ3) is 3.68. The predicted octanol–water partition coefficient (Wildman–Crippen LogP) is 1.89. The van der Waals surface area contributed by atoms with Gasteiger partial charge in [-0.15, -0.1) is 0 Å². The molecule has 1 aromatic rings. The summed E-state index contributed by atoms with van der Waals surface area (Å²) >= 11 is 1.02. The van der Waals surface area contributed by atoms with E-state index >= 15 is 0 Å². The normalized spacial score (nSPS) is 8.53. The van der Waals surface area contributed by atoms with Crippen molar-refractivity contribution in [3.8, 4) is 11.8 Å². The highest BCUT2D eigenvalue weighted by molar-refractivity contribution is 7.14. The fourth-order valence-electron chi connectivity index (χ4n) is 0.720. The van der Waals surface area contributed by atoms with Crippen LogP contribution < -0.4 is 0 Å². The first-order valence-corrected chi connectivity index (χ1v) is 4.74. The molecule has 0 fully saturated rings. The van der Waals surface area contributed by atoms with Crippen molar-refractivity contribution in [3.63, 3.8) is 0 Å². The molecule has 0 radical (unpaired) electrons. The van der Waals surface area contributed by atoms with E-state index in [9.17, 15) is 4.79 Å². The van der Waals surface area contributed by atoms with Gasteiger partial charge in [0.15, 0.2) is 5.01 Å². The van der Waals surface area contributed by atoms with E-state index in [1.807, 2.05) is 0 Å². The Balaban J connectivity index is 2.56. The highest BCUT2D eigenvalue weighted by Gasteiger charge is 2.05. The van der Waals surface area contributed by atoms with Gasteiger partial charge in [0.05, 0.1) is 6.20 Å². The Morgan fingerprint density at radius 2 is 2.60 bits per heavy atom. The van der Waals surface area contributed by atoms with Crippen molar-refractivity contribution < 1.29 is 9.90 Å². The van der Waals surface area contributed by atoms with E-state index in [1.54, 1.807) is 0 Å². The number of aromatic nitrogens is 1. The monoisotopic (exact) mass is 222 g/mol. The van der Waals surface area contributed by atoms with Crippen LogP contribution in [0.5, 0.6) is 0 Å². The number of aromatic carboxylic acids is 1. The smallest absolute Gasteiger partial charge is 0.347 e. The lowest BCUT2D eigenvalue weighted by Crippen LogP contribution is -1.89. The maximum Gasteiger partial charge on any atom is 0.347 e. The number of azide groups is 1. The van der Waals surface area contributed by atoms with Crippen molar-refractivity contribution in [2.45, 2.75) is 6.42 Å². The molecule has 15 heavy (non-hydrogen) atoms. The molecule has 0 aliphatic heterocycles. The minimum Gasteiger partial charge on any atom is -0.477 e. The molecule has 0 saturated heterocycles. The number of hydrogen-bond donors (Lipinski definition) is 1. The van der Waals surface area contributed by atoms with Gasteiger partial charge in [-0.05, 0) is 11.5 Å². The van der Waals surface area contributed by atoms with Crippen LogP contribution in [-0.2, 0) is 0 Å². The van der Waals surface area contributed by atoms with Gasteiger partial charge in [-0.2, -0.15) is 0 Å². The van der Waals surface area contributed by atoms with E-state index in [0.29, 0.717) is 18.0 Å². The zero-order chi connectivity index (χ0) is 11.1. The first-order chi connectivity index (χ1) is 7.24. The first-order valence-electron chi connectivity index (χ1n) is 3.93. The molecule has 0 unspecified atom stereocenters. The molecule has 0 saturated carbocycles. The van der Waals surface area contributed by atoms with E-state index in [1.165, 1.54) is 6.20 Å². The van der Waals surface area contributed by atoms with Crippen LogP contribution in [0.2, 0.25) is 0 Å². The first kappa shape index (κ1) is 11.0.